The quantitative estimate of drug-likeness (QED) is 0.588. The van der Waals surface area contributed by atoms with Gasteiger partial charge in [-0.3, -0.25) is 14.9 Å². The van der Waals surface area contributed by atoms with Crippen LogP contribution in [0.2, 0.25) is 0 Å². The number of carbonyl (C=O) groups excluding carboxylic acids is 2. The van der Waals surface area contributed by atoms with Crippen LogP contribution in [0.1, 0.15) is 21.8 Å². The Morgan fingerprint density at radius 2 is 1.94 bits per heavy atom. The van der Waals surface area contributed by atoms with Gasteiger partial charge in [0.15, 0.2) is 10.9 Å². The van der Waals surface area contributed by atoms with Gasteiger partial charge in [0.2, 0.25) is 5.91 Å². The van der Waals surface area contributed by atoms with Gasteiger partial charge in [-0.15, -0.1) is 11.3 Å². The van der Waals surface area contributed by atoms with Gasteiger partial charge < -0.3 is 19.5 Å². The summed E-state index contributed by atoms with van der Waals surface area (Å²) in [7, 11) is 2.13. The molecule has 0 radical (unpaired) electrons. The molecule has 0 bridgehead atoms. The highest BCUT2D eigenvalue weighted by Gasteiger charge is 2.17. The summed E-state index contributed by atoms with van der Waals surface area (Å²) in [5.74, 6) is -0.258. The molecule has 9 heteroatoms. The lowest BCUT2D eigenvalue weighted by Gasteiger charge is -2.35. The second-order valence-corrected chi connectivity index (χ2v) is 8.31. The zero-order valence-electron chi connectivity index (χ0n) is 17.3. The standard InChI is InChI=1S/C22H25N5O3S/c1-26-8-10-27(11-9-26)18-6-3-2-5-16(18)14-23-20(28)13-17-15-31-22(24-17)25-21(29)19-7-4-12-30-19/h2-7,12,15H,8-11,13-14H2,1H3,(H,23,28)(H,24,25,29). The van der Waals surface area contributed by atoms with Crippen LogP contribution in [0.4, 0.5) is 10.8 Å². The molecule has 1 aliphatic rings. The Morgan fingerprint density at radius 3 is 2.71 bits per heavy atom. The number of nitrogens with zero attached hydrogens (tertiary/aromatic N) is 3. The number of aromatic nitrogens is 1. The summed E-state index contributed by atoms with van der Waals surface area (Å²) in [5, 5.41) is 7.88. The first-order valence-electron chi connectivity index (χ1n) is 10.2. The summed E-state index contributed by atoms with van der Waals surface area (Å²) in [6.07, 6.45) is 1.60. The molecule has 1 saturated heterocycles. The number of hydrogen-bond acceptors (Lipinski definition) is 7. The van der Waals surface area contributed by atoms with E-state index < -0.39 is 0 Å². The van der Waals surface area contributed by atoms with Crippen LogP contribution in [0.5, 0.6) is 0 Å². The highest BCUT2D eigenvalue weighted by molar-refractivity contribution is 7.14. The SMILES string of the molecule is CN1CCN(c2ccccc2CNC(=O)Cc2csc(NC(=O)c3ccco3)n2)CC1. The van der Waals surface area contributed by atoms with Crippen molar-refractivity contribution in [3.63, 3.8) is 0 Å². The fourth-order valence-electron chi connectivity index (χ4n) is 3.45. The van der Waals surface area contributed by atoms with Crippen molar-refractivity contribution in [2.24, 2.45) is 0 Å². The van der Waals surface area contributed by atoms with E-state index in [1.165, 1.54) is 23.3 Å². The largest absolute Gasteiger partial charge is 0.459 e. The highest BCUT2D eigenvalue weighted by atomic mass is 32.1. The average molecular weight is 440 g/mol. The van der Waals surface area contributed by atoms with Gasteiger partial charge in [0, 0.05) is 43.8 Å². The Bertz CT molecular complexity index is 1030. The van der Waals surface area contributed by atoms with Crippen LogP contribution in [0.3, 0.4) is 0 Å². The van der Waals surface area contributed by atoms with Crippen molar-refractivity contribution in [2.75, 3.05) is 43.4 Å². The smallest absolute Gasteiger partial charge is 0.293 e. The maximum atomic E-state index is 12.5. The van der Waals surface area contributed by atoms with E-state index in [0.29, 0.717) is 17.4 Å². The van der Waals surface area contributed by atoms with E-state index in [9.17, 15) is 9.59 Å². The molecule has 3 aromatic rings. The van der Waals surface area contributed by atoms with Gasteiger partial charge >= 0.3 is 0 Å². The van der Waals surface area contributed by atoms with E-state index in [-0.39, 0.29) is 24.0 Å². The molecule has 2 aromatic heterocycles. The lowest BCUT2D eigenvalue weighted by molar-refractivity contribution is -0.120. The maximum Gasteiger partial charge on any atom is 0.293 e. The monoisotopic (exact) mass is 439 g/mol. The molecular formula is C22H25N5O3S. The van der Waals surface area contributed by atoms with Gasteiger partial charge in [-0.25, -0.2) is 4.98 Å². The number of likely N-dealkylation sites (N-methyl/N-ethyl adjacent to an activating group) is 1. The molecule has 1 fully saturated rings. The van der Waals surface area contributed by atoms with E-state index >= 15 is 0 Å². The van der Waals surface area contributed by atoms with Gasteiger partial charge in [0.05, 0.1) is 18.4 Å². The van der Waals surface area contributed by atoms with Gasteiger partial charge in [0.25, 0.3) is 5.91 Å². The van der Waals surface area contributed by atoms with Crippen LogP contribution < -0.4 is 15.5 Å². The molecule has 31 heavy (non-hydrogen) atoms. The van der Waals surface area contributed by atoms with E-state index in [1.807, 2.05) is 12.1 Å². The Hall–Kier alpha value is -3.17. The van der Waals surface area contributed by atoms with E-state index in [2.05, 4.69) is 44.6 Å². The third-order valence-corrected chi connectivity index (χ3v) is 5.98. The molecule has 1 aliphatic heterocycles. The van der Waals surface area contributed by atoms with Crippen LogP contribution in [0, 0.1) is 0 Å². The molecule has 0 atom stereocenters. The summed E-state index contributed by atoms with van der Waals surface area (Å²) >= 11 is 1.28. The second-order valence-electron chi connectivity index (χ2n) is 7.45. The van der Waals surface area contributed by atoms with Crippen LogP contribution in [-0.2, 0) is 17.8 Å². The number of piperazine rings is 1. The van der Waals surface area contributed by atoms with Crippen LogP contribution in [0.15, 0.2) is 52.5 Å². The van der Waals surface area contributed by atoms with Crippen molar-refractivity contribution in [1.29, 1.82) is 0 Å². The number of rotatable bonds is 7. The van der Waals surface area contributed by atoms with Crippen molar-refractivity contribution in [3.05, 3.63) is 65.1 Å². The van der Waals surface area contributed by atoms with Crippen molar-refractivity contribution in [2.45, 2.75) is 13.0 Å². The predicted octanol–water partition coefficient (Wildman–Crippen LogP) is 2.60. The third kappa shape index (κ3) is 5.50. The number of amides is 2. The molecule has 4 rings (SSSR count). The van der Waals surface area contributed by atoms with E-state index in [1.54, 1.807) is 17.5 Å². The molecule has 0 spiro atoms. The summed E-state index contributed by atoms with van der Waals surface area (Å²) in [4.78, 5) is 33.5. The number of anilines is 2. The zero-order chi connectivity index (χ0) is 21.6. The number of benzene rings is 1. The molecule has 2 amide bonds. The number of thiazole rings is 1. The zero-order valence-corrected chi connectivity index (χ0v) is 18.2. The van der Waals surface area contributed by atoms with Gasteiger partial charge in [-0.1, -0.05) is 18.2 Å². The minimum atomic E-state index is -0.365. The summed E-state index contributed by atoms with van der Waals surface area (Å²) in [6.45, 7) is 4.49. The summed E-state index contributed by atoms with van der Waals surface area (Å²) in [5.41, 5.74) is 2.89. The lowest BCUT2D eigenvalue weighted by atomic mass is 10.1. The Kier molecular flexibility index (Phi) is 6.63. The normalized spacial score (nSPS) is 14.4. The molecule has 1 aromatic carbocycles. The molecule has 8 nitrogen and oxygen atoms in total. The number of nitrogens with one attached hydrogen (secondary N) is 2. The van der Waals surface area contributed by atoms with Crippen molar-refractivity contribution in [3.8, 4) is 0 Å². The maximum absolute atomic E-state index is 12.5. The van der Waals surface area contributed by atoms with Gasteiger partial charge in [-0.05, 0) is 30.8 Å². The third-order valence-electron chi connectivity index (χ3n) is 5.17. The lowest BCUT2D eigenvalue weighted by Crippen LogP contribution is -2.45. The molecule has 3 heterocycles. The van der Waals surface area contributed by atoms with Crippen LogP contribution >= 0.6 is 11.3 Å². The Balaban J connectivity index is 1.30. The second kappa shape index (κ2) is 9.76. The fourth-order valence-corrected chi connectivity index (χ4v) is 4.15. The Morgan fingerprint density at radius 1 is 1.13 bits per heavy atom. The first-order chi connectivity index (χ1) is 15.1. The predicted molar refractivity (Wildman–Crippen MR) is 120 cm³/mol. The molecule has 162 valence electrons. The number of para-hydroxylation sites is 1. The minimum absolute atomic E-state index is 0.109. The topological polar surface area (TPSA) is 90.7 Å². The first-order valence-corrected chi connectivity index (χ1v) is 11.0. The number of furan rings is 1. The molecular weight excluding hydrogens is 414 g/mol. The minimum Gasteiger partial charge on any atom is -0.459 e. The molecule has 0 aliphatic carbocycles. The summed E-state index contributed by atoms with van der Waals surface area (Å²) < 4.78 is 5.07. The van der Waals surface area contributed by atoms with Crippen LogP contribution in [-0.4, -0.2) is 54.9 Å². The van der Waals surface area contributed by atoms with Gasteiger partial charge in [0.1, 0.15) is 0 Å². The molecule has 0 saturated carbocycles. The highest BCUT2D eigenvalue weighted by Crippen LogP contribution is 2.22. The Labute approximate surface area is 184 Å². The summed E-state index contributed by atoms with van der Waals surface area (Å²) in [6, 6.07) is 11.4. The first kappa shape index (κ1) is 21.1. The molecule has 2 N–H and O–H groups in total. The van der Waals surface area contributed by atoms with Gasteiger partial charge in [-0.2, -0.15) is 0 Å². The van der Waals surface area contributed by atoms with Crippen LogP contribution in [0.25, 0.3) is 0 Å². The van der Waals surface area contributed by atoms with Crippen molar-refractivity contribution >= 4 is 34.0 Å². The average Bonchev–Trinajstić information content (AvgIpc) is 3.46. The fraction of sp³-hybridized carbons (Fsp3) is 0.318. The van der Waals surface area contributed by atoms with E-state index in [0.717, 1.165) is 31.7 Å². The molecule has 0 unspecified atom stereocenters. The van der Waals surface area contributed by atoms with Crippen molar-refractivity contribution in [1.82, 2.24) is 15.2 Å². The number of carbonyl (C=O) groups is 2. The van der Waals surface area contributed by atoms with E-state index in [4.69, 9.17) is 4.42 Å². The van der Waals surface area contributed by atoms with Crippen molar-refractivity contribution < 1.29 is 14.0 Å². The number of hydrogen-bond donors (Lipinski definition) is 2.